The summed E-state index contributed by atoms with van der Waals surface area (Å²) in [4.78, 5) is 28.8. The number of nitrogens with one attached hydrogen (secondary N) is 2. The molecule has 0 fully saturated rings. The van der Waals surface area contributed by atoms with Crippen LogP contribution in [0.3, 0.4) is 0 Å². The molecular weight excluding hydrogens is 306 g/mol. The lowest BCUT2D eigenvalue weighted by molar-refractivity contribution is -0.115. The Labute approximate surface area is 139 Å². The summed E-state index contributed by atoms with van der Waals surface area (Å²) in [6, 6.07) is 6.84. The Hall–Kier alpha value is -3.09. The lowest BCUT2D eigenvalue weighted by atomic mass is 10.1. The molecule has 24 heavy (non-hydrogen) atoms. The molecule has 0 saturated carbocycles. The lowest BCUT2D eigenvalue weighted by Gasteiger charge is -2.08. The van der Waals surface area contributed by atoms with Crippen LogP contribution >= 0.6 is 0 Å². The molecule has 0 atom stereocenters. The molecule has 7 heteroatoms. The van der Waals surface area contributed by atoms with E-state index in [1.165, 1.54) is 0 Å². The Bertz CT molecular complexity index is 802. The first-order valence-corrected chi connectivity index (χ1v) is 7.74. The fraction of sp³-hybridized carbons (Fsp3) is 0.235. The van der Waals surface area contributed by atoms with Crippen LogP contribution in [-0.4, -0.2) is 34.3 Å². The summed E-state index contributed by atoms with van der Waals surface area (Å²) in [6.45, 7) is 2.60. The summed E-state index contributed by atoms with van der Waals surface area (Å²) < 4.78 is 0. The second kappa shape index (κ2) is 6.99. The molecule has 0 saturated heterocycles. The second-order valence-electron chi connectivity index (χ2n) is 5.40. The van der Waals surface area contributed by atoms with E-state index in [2.05, 4.69) is 25.8 Å². The van der Waals surface area contributed by atoms with Crippen LogP contribution < -0.4 is 10.6 Å². The van der Waals surface area contributed by atoms with Gasteiger partial charge in [-0.15, -0.1) is 0 Å². The number of hydrogen-bond donors (Lipinski definition) is 2. The van der Waals surface area contributed by atoms with Gasteiger partial charge in [-0.25, -0.2) is 0 Å². The third-order valence-electron chi connectivity index (χ3n) is 3.57. The molecule has 2 aromatic rings. The van der Waals surface area contributed by atoms with Crippen LogP contribution in [-0.2, 0) is 4.79 Å². The number of anilines is 1. The van der Waals surface area contributed by atoms with E-state index in [4.69, 9.17) is 0 Å². The van der Waals surface area contributed by atoms with Crippen LogP contribution in [0.2, 0.25) is 0 Å². The summed E-state index contributed by atoms with van der Waals surface area (Å²) in [5.41, 5.74) is 3.00. The summed E-state index contributed by atoms with van der Waals surface area (Å²) in [6.07, 6.45) is 4.13. The summed E-state index contributed by atoms with van der Waals surface area (Å²) >= 11 is 0. The summed E-state index contributed by atoms with van der Waals surface area (Å²) in [5, 5.41) is 13.2. The van der Waals surface area contributed by atoms with Crippen molar-refractivity contribution in [2.45, 2.75) is 19.8 Å². The van der Waals surface area contributed by atoms with E-state index in [-0.39, 0.29) is 18.2 Å². The number of hydrogen-bond acceptors (Lipinski definition) is 5. The highest BCUT2D eigenvalue weighted by Crippen LogP contribution is 2.30. The van der Waals surface area contributed by atoms with E-state index in [0.717, 1.165) is 12.0 Å². The zero-order valence-electron chi connectivity index (χ0n) is 13.2. The molecule has 1 aromatic carbocycles. The van der Waals surface area contributed by atoms with Gasteiger partial charge in [0, 0.05) is 17.7 Å². The molecule has 0 unspecified atom stereocenters. The average Bonchev–Trinajstić information content (AvgIpc) is 2.77. The number of aromatic nitrogens is 2. The molecule has 1 aliphatic rings. The minimum Gasteiger partial charge on any atom is -0.352 e. The third kappa shape index (κ3) is 3.45. The second-order valence-corrected chi connectivity index (χ2v) is 5.40. The van der Waals surface area contributed by atoms with E-state index in [0.29, 0.717) is 29.2 Å². The fourth-order valence-corrected chi connectivity index (χ4v) is 2.37. The standard InChI is InChI=1S/C17H17N5O2/c1-2-6-18-17(24)11-3-4-13-15(8-11)22-16(23)9-14(21-13)12-5-7-19-20-10-12/h3-5,7-8,10H,2,6,9H2,1H3,(H,18,24)(H,22,23). The van der Waals surface area contributed by atoms with Crippen LogP contribution in [0, 0.1) is 0 Å². The third-order valence-corrected chi connectivity index (χ3v) is 3.57. The van der Waals surface area contributed by atoms with E-state index >= 15 is 0 Å². The fourth-order valence-electron chi connectivity index (χ4n) is 2.37. The normalized spacial score (nSPS) is 13.4. The Morgan fingerprint density at radius 2 is 2.17 bits per heavy atom. The molecule has 1 aromatic heterocycles. The van der Waals surface area contributed by atoms with Gasteiger partial charge in [0.2, 0.25) is 5.91 Å². The highest BCUT2D eigenvalue weighted by molar-refractivity contribution is 6.17. The van der Waals surface area contributed by atoms with Crippen LogP contribution in [0.25, 0.3) is 0 Å². The SMILES string of the molecule is CCCNC(=O)c1ccc2c(c1)NC(=O)CC(c1ccnnc1)=N2. The van der Waals surface area contributed by atoms with Crippen LogP contribution in [0.5, 0.6) is 0 Å². The van der Waals surface area contributed by atoms with Gasteiger partial charge in [-0.05, 0) is 30.7 Å². The van der Waals surface area contributed by atoms with Crippen molar-refractivity contribution >= 4 is 28.9 Å². The maximum absolute atomic E-state index is 12.2. The van der Waals surface area contributed by atoms with Crippen LogP contribution in [0.4, 0.5) is 11.4 Å². The first kappa shape index (κ1) is 15.8. The predicted octanol–water partition coefficient (Wildman–Crippen LogP) is 2.08. The van der Waals surface area contributed by atoms with Crippen molar-refractivity contribution in [2.24, 2.45) is 4.99 Å². The molecule has 122 valence electrons. The first-order valence-electron chi connectivity index (χ1n) is 7.74. The molecule has 0 spiro atoms. The lowest BCUT2D eigenvalue weighted by Crippen LogP contribution is -2.24. The largest absolute Gasteiger partial charge is 0.352 e. The molecule has 1 aliphatic heterocycles. The molecule has 0 radical (unpaired) electrons. The Morgan fingerprint density at radius 1 is 1.29 bits per heavy atom. The highest BCUT2D eigenvalue weighted by atomic mass is 16.2. The van der Waals surface area contributed by atoms with Crippen molar-refractivity contribution in [1.82, 2.24) is 15.5 Å². The van der Waals surface area contributed by atoms with Gasteiger partial charge in [0.05, 0.1) is 35.9 Å². The topological polar surface area (TPSA) is 96.3 Å². The number of amides is 2. The molecule has 2 N–H and O–H groups in total. The minimum absolute atomic E-state index is 0.137. The van der Waals surface area contributed by atoms with Crippen molar-refractivity contribution in [3.8, 4) is 0 Å². The molecule has 2 amide bonds. The van der Waals surface area contributed by atoms with Crippen LogP contribution in [0.1, 0.15) is 35.7 Å². The number of rotatable bonds is 4. The summed E-state index contributed by atoms with van der Waals surface area (Å²) in [5.74, 6) is -0.351. The number of aliphatic imine (C=N–C) groups is 1. The van der Waals surface area contributed by atoms with E-state index in [9.17, 15) is 9.59 Å². The predicted molar refractivity (Wildman–Crippen MR) is 90.5 cm³/mol. The van der Waals surface area contributed by atoms with Gasteiger partial charge in [0.15, 0.2) is 0 Å². The van der Waals surface area contributed by atoms with Crippen molar-refractivity contribution < 1.29 is 9.59 Å². The molecular formula is C17H17N5O2. The number of carbonyl (C=O) groups is 2. The Morgan fingerprint density at radius 3 is 2.92 bits per heavy atom. The Kier molecular flexibility index (Phi) is 4.60. The smallest absolute Gasteiger partial charge is 0.251 e. The first-order chi connectivity index (χ1) is 11.7. The van der Waals surface area contributed by atoms with Gasteiger partial charge >= 0.3 is 0 Å². The Balaban J connectivity index is 1.95. The van der Waals surface area contributed by atoms with Gasteiger partial charge in [-0.3, -0.25) is 14.6 Å². The molecule has 7 nitrogen and oxygen atoms in total. The van der Waals surface area contributed by atoms with Gasteiger partial charge in [0.1, 0.15) is 0 Å². The summed E-state index contributed by atoms with van der Waals surface area (Å²) in [7, 11) is 0. The van der Waals surface area contributed by atoms with Crippen LogP contribution in [0.15, 0.2) is 41.7 Å². The molecule has 3 rings (SSSR count). The van der Waals surface area contributed by atoms with E-state index in [1.54, 1.807) is 36.7 Å². The number of benzene rings is 1. The van der Waals surface area contributed by atoms with Crippen molar-refractivity contribution in [1.29, 1.82) is 0 Å². The van der Waals surface area contributed by atoms with Gasteiger partial charge in [-0.2, -0.15) is 10.2 Å². The average molecular weight is 323 g/mol. The quantitative estimate of drug-likeness (QED) is 0.900. The number of fused-ring (bicyclic) bond motifs is 1. The van der Waals surface area contributed by atoms with Crippen molar-refractivity contribution in [3.05, 3.63) is 47.8 Å². The van der Waals surface area contributed by atoms with Gasteiger partial charge in [0.25, 0.3) is 5.91 Å². The molecule has 2 heterocycles. The van der Waals surface area contributed by atoms with E-state index in [1.807, 2.05) is 6.92 Å². The maximum Gasteiger partial charge on any atom is 0.251 e. The number of nitrogens with zero attached hydrogens (tertiary/aromatic N) is 3. The maximum atomic E-state index is 12.2. The molecule has 0 aliphatic carbocycles. The molecule has 0 bridgehead atoms. The van der Waals surface area contributed by atoms with Gasteiger partial charge in [-0.1, -0.05) is 6.92 Å². The van der Waals surface area contributed by atoms with Crippen molar-refractivity contribution in [3.63, 3.8) is 0 Å². The highest BCUT2D eigenvalue weighted by Gasteiger charge is 2.18. The monoisotopic (exact) mass is 323 g/mol. The minimum atomic E-state index is -0.185. The van der Waals surface area contributed by atoms with Crippen molar-refractivity contribution in [2.75, 3.05) is 11.9 Å². The zero-order chi connectivity index (χ0) is 16.9. The van der Waals surface area contributed by atoms with E-state index < -0.39 is 0 Å². The number of carbonyl (C=O) groups excluding carboxylic acids is 2. The zero-order valence-corrected chi connectivity index (χ0v) is 13.2. The van der Waals surface area contributed by atoms with Gasteiger partial charge < -0.3 is 10.6 Å².